The molecule has 2 aromatic carbocycles. The van der Waals surface area contributed by atoms with Crippen LogP contribution in [0.2, 0.25) is 5.02 Å². The Labute approximate surface area is 181 Å². The lowest BCUT2D eigenvalue weighted by Gasteiger charge is -2.07. The van der Waals surface area contributed by atoms with Crippen molar-refractivity contribution in [2.24, 2.45) is 10.7 Å². The fourth-order valence-electron chi connectivity index (χ4n) is 2.45. The van der Waals surface area contributed by atoms with Gasteiger partial charge in [-0.05, 0) is 50.2 Å². The van der Waals surface area contributed by atoms with E-state index in [1.165, 1.54) is 11.3 Å². The molecule has 3 rings (SSSR count). The third-order valence-electron chi connectivity index (χ3n) is 3.63. The second kappa shape index (κ2) is 9.06. The Morgan fingerprint density at radius 1 is 1.22 bits per heavy atom. The molecule has 142 valence electrons. The van der Waals surface area contributed by atoms with Crippen molar-refractivity contribution in [2.45, 2.75) is 19.9 Å². The van der Waals surface area contributed by atoms with Crippen LogP contribution in [0.1, 0.15) is 29.1 Å². The molecule has 4 nitrogen and oxygen atoms in total. The molecule has 1 amide bonds. The van der Waals surface area contributed by atoms with E-state index in [9.17, 15) is 4.79 Å². The summed E-state index contributed by atoms with van der Waals surface area (Å²) in [4.78, 5) is 17.4. The van der Waals surface area contributed by atoms with Gasteiger partial charge in [-0.3, -0.25) is 9.79 Å². The van der Waals surface area contributed by atoms with Gasteiger partial charge in [0.25, 0.3) is 5.91 Å². The molecule has 0 radical (unpaired) electrons. The Morgan fingerprint density at radius 2 is 1.89 bits per heavy atom. The van der Waals surface area contributed by atoms with Gasteiger partial charge in [0.2, 0.25) is 0 Å². The maximum absolute atomic E-state index is 12.6. The third-order valence-corrected chi connectivity index (χ3v) is 5.78. The van der Waals surface area contributed by atoms with Gasteiger partial charge in [0.05, 0.1) is 5.02 Å². The van der Waals surface area contributed by atoms with Crippen LogP contribution in [-0.2, 0) is 0 Å². The summed E-state index contributed by atoms with van der Waals surface area (Å²) in [5.41, 5.74) is 7.45. The summed E-state index contributed by atoms with van der Waals surface area (Å²) in [6.07, 6.45) is 0. The van der Waals surface area contributed by atoms with E-state index in [0.717, 1.165) is 20.1 Å². The zero-order valence-electron chi connectivity index (χ0n) is 14.6. The number of nitrogens with one attached hydrogen (secondary N) is 1. The maximum Gasteiger partial charge on any atom is 0.267 e. The molecule has 0 aliphatic carbocycles. The number of nitrogens with two attached hydrogens (primary N) is 1. The summed E-state index contributed by atoms with van der Waals surface area (Å²) in [5.74, 6) is 0.250. The molecule has 0 atom stereocenters. The van der Waals surface area contributed by atoms with E-state index in [-0.39, 0.29) is 24.4 Å². The molecule has 0 unspecified atom stereocenters. The van der Waals surface area contributed by atoms with Gasteiger partial charge < -0.3 is 11.1 Å². The number of anilines is 1. The first-order valence-electron chi connectivity index (χ1n) is 7.97. The lowest BCUT2D eigenvalue weighted by molar-refractivity contribution is 0.103. The summed E-state index contributed by atoms with van der Waals surface area (Å²) in [5, 5.41) is 4.22. The smallest absolute Gasteiger partial charge is 0.267 e. The van der Waals surface area contributed by atoms with E-state index in [1.54, 1.807) is 12.1 Å². The van der Waals surface area contributed by atoms with Gasteiger partial charge in [-0.15, -0.1) is 23.7 Å². The van der Waals surface area contributed by atoms with Crippen LogP contribution in [0.5, 0.6) is 0 Å². The molecule has 0 fully saturated rings. The molecular formula is C19H18BrCl2N3OS. The molecule has 0 aliphatic heterocycles. The molecule has 0 saturated heterocycles. The molecule has 1 aromatic heterocycles. The number of hydrogen-bond acceptors (Lipinski definition) is 3. The fraction of sp³-hybridized carbons (Fsp3) is 0.158. The molecule has 3 aromatic rings. The van der Waals surface area contributed by atoms with Gasteiger partial charge >= 0.3 is 0 Å². The van der Waals surface area contributed by atoms with Crippen molar-refractivity contribution in [3.8, 4) is 0 Å². The maximum atomic E-state index is 12.6. The van der Waals surface area contributed by atoms with Gasteiger partial charge in [0.15, 0.2) is 0 Å². The number of benzene rings is 2. The number of nitrogens with zero attached hydrogens (tertiary/aromatic N) is 1. The van der Waals surface area contributed by atoms with Crippen LogP contribution in [-0.4, -0.2) is 17.8 Å². The van der Waals surface area contributed by atoms with E-state index in [0.29, 0.717) is 21.4 Å². The molecule has 0 saturated carbocycles. The van der Waals surface area contributed by atoms with Crippen LogP contribution in [0, 0.1) is 0 Å². The molecule has 1 heterocycles. The average molecular weight is 487 g/mol. The summed E-state index contributed by atoms with van der Waals surface area (Å²) in [7, 11) is 0. The highest BCUT2D eigenvalue weighted by atomic mass is 79.9. The second-order valence-corrected chi connectivity index (χ2v) is 8.37. The number of thiophene rings is 1. The standard InChI is InChI=1S/C19H17BrClN3OS.ClH/c1-10(2)23-18(22)11-3-6-13(7-4-11)24-19(25)17-16(21)14-8-5-12(20)9-15(14)26-17;/h3-10H,1-2H3,(H2,22,23)(H,24,25);1H. The van der Waals surface area contributed by atoms with Crippen LogP contribution >= 0.6 is 51.3 Å². The van der Waals surface area contributed by atoms with Crippen LogP contribution < -0.4 is 11.1 Å². The SMILES string of the molecule is CC(C)N=C(N)c1ccc(NC(=O)c2sc3cc(Br)ccc3c2Cl)cc1.Cl. The number of rotatable bonds is 4. The minimum absolute atomic E-state index is 0. The molecule has 27 heavy (non-hydrogen) atoms. The van der Waals surface area contributed by atoms with Crippen LogP contribution in [0.25, 0.3) is 10.1 Å². The first kappa shape index (κ1) is 21.7. The van der Waals surface area contributed by atoms with Crippen molar-refractivity contribution in [3.63, 3.8) is 0 Å². The topological polar surface area (TPSA) is 67.5 Å². The lowest BCUT2D eigenvalue weighted by Crippen LogP contribution is -2.16. The number of amides is 1. The molecule has 0 spiro atoms. The first-order chi connectivity index (χ1) is 12.3. The lowest BCUT2D eigenvalue weighted by atomic mass is 10.2. The Bertz CT molecular complexity index is 1000. The Balaban J connectivity index is 0.00000261. The van der Waals surface area contributed by atoms with Crippen LogP contribution in [0.15, 0.2) is 51.9 Å². The van der Waals surface area contributed by atoms with Crippen molar-refractivity contribution in [2.75, 3.05) is 5.32 Å². The van der Waals surface area contributed by atoms with Crippen molar-refractivity contribution >= 4 is 78.8 Å². The fourth-order valence-corrected chi connectivity index (χ4v) is 4.41. The summed E-state index contributed by atoms with van der Waals surface area (Å²) in [6, 6.07) is 13.2. The predicted molar refractivity (Wildman–Crippen MR) is 122 cm³/mol. The minimum Gasteiger partial charge on any atom is -0.383 e. The summed E-state index contributed by atoms with van der Waals surface area (Å²) >= 11 is 11.2. The number of aliphatic imine (C=N–C) groups is 1. The van der Waals surface area contributed by atoms with Gasteiger partial charge in [0, 0.05) is 31.9 Å². The van der Waals surface area contributed by atoms with Crippen molar-refractivity contribution in [1.82, 2.24) is 0 Å². The van der Waals surface area contributed by atoms with Crippen molar-refractivity contribution in [3.05, 3.63) is 62.4 Å². The molecule has 0 aliphatic rings. The van der Waals surface area contributed by atoms with Crippen molar-refractivity contribution < 1.29 is 4.79 Å². The number of carbonyl (C=O) groups excluding carboxylic acids is 1. The van der Waals surface area contributed by atoms with Gasteiger partial charge in [-0.1, -0.05) is 33.6 Å². The molecule has 0 bridgehead atoms. The number of fused-ring (bicyclic) bond motifs is 1. The molecule has 8 heteroatoms. The highest BCUT2D eigenvalue weighted by Crippen LogP contribution is 2.37. The Morgan fingerprint density at radius 3 is 2.52 bits per heavy atom. The highest BCUT2D eigenvalue weighted by Gasteiger charge is 2.17. The third kappa shape index (κ3) is 5.02. The van der Waals surface area contributed by atoms with Gasteiger partial charge in [0.1, 0.15) is 10.7 Å². The monoisotopic (exact) mass is 485 g/mol. The van der Waals surface area contributed by atoms with E-state index in [4.69, 9.17) is 17.3 Å². The minimum atomic E-state index is -0.233. The Hall–Kier alpha value is -1.60. The quantitative estimate of drug-likeness (QED) is 0.345. The largest absolute Gasteiger partial charge is 0.383 e. The summed E-state index contributed by atoms with van der Waals surface area (Å²) < 4.78 is 1.91. The summed E-state index contributed by atoms with van der Waals surface area (Å²) in [6.45, 7) is 3.93. The second-order valence-electron chi connectivity index (χ2n) is 6.03. The predicted octanol–water partition coefficient (Wildman–Crippen LogP) is 6.11. The van der Waals surface area contributed by atoms with Gasteiger partial charge in [-0.25, -0.2) is 0 Å². The molecular weight excluding hydrogens is 469 g/mol. The molecule has 3 N–H and O–H groups in total. The van der Waals surface area contributed by atoms with Crippen LogP contribution in [0.3, 0.4) is 0 Å². The average Bonchev–Trinajstić information content (AvgIpc) is 2.91. The zero-order valence-corrected chi connectivity index (χ0v) is 18.6. The number of halogens is 3. The van der Waals surface area contributed by atoms with Gasteiger partial charge in [-0.2, -0.15) is 0 Å². The number of hydrogen-bond donors (Lipinski definition) is 2. The zero-order chi connectivity index (χ0) is 18.8. The van der Waals surface area contributed by atoms with Crippen molar-refractivity contribution in [1.29, 1.82) is 0 Å². The van der Waals surface area contributed by atoms with E-state index in [1.807, 2.05) is 44.2 Å². The van der Waals surface area contributed by atoms with E-state index < -0.39 is 0 Å². The number of amidine groups is 1. The first-order valence-corrected chi connectivity index (χ1v) is 9.96. The normalized spacial score (nSPS) is 11.5. The Kier molecular flexibility index (Phi) is 7.28. The van der Waals surface area contributed by atoms with Crippen LogP contribution in [0.4, 0.5) is 5.69 Å². The highest BCUT2D eigenvalue weighted by molar-refractivity contribution is 9.10. The number of carbonyl (C=O) groups is 1. The van der Waals surface area contributed by atoms with E-state index >= 15 is 0 Å². The van der Waals surface area contributed by atoms with E-state index in [2.05, 4.69) is 26.2 Å².